The van der Waals surface area contributed by atoms with Crippen LogP contribution in [-0.4, -0.2) is 53.9 Å². The van der Waals surface area contributed by atoms with E-state index in [-0.39, 0.29) is 6.04 Å². The number of nitrogens with two attached hydrogens (primary N) is 1. The average Bonchev–Trinajstić information content (AvgIpc) is 2.41. The first-order valence-electron chi connectivity index (χ1n) is 6.76. The van der Waals surface area contributed by atoms with Gasteiger partial charge in [-0.3, -0.25) is 9.88 Å². The van der Waals surface area contributed by atoms with Crippen LogP contribution in [0.25, 0.3) is 0 Å². The second kappa shape index (κ2) is 6.43. The monoisotopic (exact) mass is 265 g/mol. The van der Waals surface area contributed by atoms with E-state index < -0.39 is 5.60 Å². The van der Waals surface area contributed by atoms with Crippen LogP contribution in [0.4, 0.5) is 0 Å². The summed E-state index contributed by atoms with van der Waals surface area (Å²) >= 11 is 0. The van der Waals surface area contributed by atoms with Crippen molar-refractivity contribution < 1.29 is 9.84 Å². The second-order valence-electron chi connectivity index (χ2n) is 5.26. The fraction of sp³-hybridized carbons (Fsp3) is 0.643. The molecule has 1 atom stereocenters. The normalized spacial score (nSPS) is 20.4. The van der Waals surface area contributed by atoms with Crippen molar-refractivity contribution in [2.45, 2.75) is 24.5 Å². The quantitative estimate of drug-likeness (QED) is 0.813. The third kappa shape index (κ3) is 3.73. The van der Waals surface area contributed by atoms with E-state index in [1.165, 1.54) is 0 Å². The molecule has 2 rings (SSSR count). The Morgan fingerprint density at radius 2 is 2.21 bits per heavy atom. The Morgan fingerprint density at radius 1 is 1.47 bits per heavy atom. The molecule has 1 fully saturated rings. The standard InChI is InChI=1S/C14H23N3O2/c1-17(11-14(18)5-8-19-9-6-14)13(10-15)12-4-2-3-7-16-12/h2-4,7,13,18H,5-6,8-11,15H2,1H3. The first-order chi connectivity index (χ1) is 9.14. The van der Waals surface area contributed by atoms with E-state index in [0.717, 1.165) is 5.69 Å². The molecule has 1 saturated heterocycles. The van der Waals surface area contributed by atoms with Gasteiger partial charge in [-0.2, -0.15) is 0 Å². The Morgan fingerprint density at radius 3 is 2.79 bits per heavy atom. The summed E-state index contributed by atoms with van der Waals surface area (Å²) in [5.41, 5.74) is 6.14. The highest BCUT2D eigenvalue weighted by molar-refractivity contribution is 5.09. The minimum atomic E-state index is -0.671. The zero-order valence-corrected chi connectivity index (χ0v) is 11.5. The summed E-state index contributed by atoms with van der Waals surface area (Å²) in [4.78, 5) is 6.45. The van der Waals surface area contributed by atoms with E-state index in [4.69, 9.17) is 10.5 Å². The lowest BCUT2D eigenvalue weighted by atomic mass is 9.93. The van der Waals surface area contributed by atoms with Crippen LogP contribution in [0.15, 0.2) is 24.4 Å². The molecule has 0 bridgehead atoms. The van der Waals surface area contributed by atoms with Crippen molar-refractivity contribution in [3.05, 3.63) is 30.1 Å². The maximum atomic E-state index is 10.6. The van der Waals surface area contributed by atoms with Crippen LogP contribution in [-0.2, 0) is 4.74 Å². The molecule has 0 radical (unpaired) electrons. The minimum absolute atomic E-state index is 0.0352. The van der Waals surface area contributed by atoms with Crippen molar-refractivity contribution in [1.82, 2.24) is 9.88 Å². The Labute approximate surface area is 114 Å². The Bertz CT molecular complexity index is 380. The average molecular weight is 265 g/mol. The van der Waals surface area contributed by atoms with E-state index in [2.05, 4.69) is 9.88 Å². The summed E-state index contributed by atoms with van der Waals surface area (Å²) in [6.07, 6.45) is 3.13. The first kappa shape index (κ1) is 14.4. The van der Waals surface area contributed by atoms with Crippen molar-refractivity contribution in [1.29, 1.82) is 0 Å². The highest BCUT2D eigenvalue weighted by Crippen LogP contribution is 2.25. The Hall–Kier alpha value is -1.01. The molecule has 0 aliphatic carbocycles. The molecule has 1 unspecified atom stereocenters. The van der Waals surface area contributed by atoms with E-state index >= 15 is 0 Å². The van der Waals surface area contributed by atoms with Gasteiger partial charge in [-0.1, -0.05) is 6.07 Å². The number of aliphatic hydroxyl groups is 1. The largest absolute Gasteiger partial charge is 0.388 e. The van der Waals surface area contributed by atoms with E-state index in [0.29, 0.717) is 39.1 Å². The number of hydrogen-bond donors (Lipinski definition) is 2. The zero-order valence-electron chi connectivity index (χ0n) is 11.5. The predicted octanol–water partition coefficient (Wildman–Crippen LogP) is 0.555. The lowest BCUT2D eigenvalue weighted by molar-refractivity contribution is -0.0813. The number of rotatable bonds is 5. The molecule has 2 heterocycles. The van der Waals surface area contributed by atoms with Crippen LogP contribution in [0, 0.1) is 0 Å². The van der Waals surface area contributed by atoms with Crippen molar-refractivity contribution >= 4 is 0 Å². The van der Waals surface area contributed by atoms with Gasteiger partial charge in [-0.15, -0.1) is 0 Å². The topological polar surface area (TPSA) is 71.6 Å². The maximum Gasteiger partial charge on any atom is 0.0818 e. The van der Waals surface area contributed by atoms with Crippen LogP contribution in [0.1, 0.15) is 24.6 Å². The molecule has 5 heteroatoms. The minimum Gasteiger partial charge on any atom is -0.388 e. The van der Waals surface area contributed by atoms with Gasteiger partial charge in [0.25, 0.3) is 0 Å². The summed E-state index contributed by atoms with van der Waals surface area (Å²) in [7, 11) is 1.99. The van der Waals surface area contributed by atoms with Crippen molar-refractivity contribution in [2.75, 3.05) is 33.4 Å². The zero-order chi connectivity index (χ0) is 13.7. The van der Waals surface area contributed by atoms with Crippen molar-refractivity contribution in [2.24, 2.45) is 5.73 Å². The van der Waals surface area contributed by atoms with E-state index in [1.54, 1.807) is 6.20 Å². The molecule has 0 amide bonds. The summed E-state index contributed by atoms with van der Waals surface area (Å²) in [5, 5.41) is 10.6. The molecule has 0 aromatic carbocycles. The van der Waals surface area contributed by atoms with Gasteiger partial charge < -0.3 is 15.6 Å². The maximum absolute atomic E-state index is 10.6. The van der Waals surface area contributed by atoms with Gasteiger partial charge in [0.15, 0.2) is 0 Å². The lowest BCUT2D eigenvalue weighted by Gasteiger charge is -2.38. The van der Waals surface area contributed by atoms with Crippen LogP contribution in [0.3, 0.4) is 0 Å². The van der Waals surface area contributed by atoms with Gasteiger partial charge in [0.05, 0.1) is 17.3 Å². The number of pyridine rings is 1. The van der Waals surface area contributed by atoms with Gasteiger partial charge >= 0.3 is 0 Å². The first-order valence-corrected chi connectivity index (χ1v) is 6.76. The number of nitrogens with zero attached hydrogens (tertiary/aromatic N) is 2. The van der Waals surface area contributed by atoms with Crippen molar-refractivity contribution in [3.8, 4) is 0 Å². The van der Waals surface area contributed by atoms with E-state index in [9.17, 15) is 5.11 Å². The smallest absolute Gasteiger partial charge is 0.0818 e. The molecule has 106 valence electrons. The summed E-state index contributed by atoms with van der Waals surface area (Å²) in [6.45, 7) is 2.33. The van der Waals surface area contributed by atoms with Crippen LogP contribution >= 0.6 is 0 Å². The predicted molar refractivity (Wildman–Crippen MR) is 73.7 cm³/mol. The Kier molecular flexibility index (Phi) is 4.87. The van der Waals surface area contributed by atoms with Crippen LogP contribution < -0.4 is 5.73 Å². The third-order valence-corrected chi connectivity index (χ3v) is 3.75. The van der Waals surface area contributed by atoms with E-state index in [1.807, 2.05) is 25.2 Å². The van der Waals surface area contributed by atoms with Crippen LogP contribution in [0.2, 0.25) is 0 Å². The molecule has 1 aliphatic heterocycles. The van der Waals surface area contributed by atoms with Gasteiger partial charge in [0.1, 0.15) is 0 Å². The molecule has 0 spiro atoms. The van der Waals surface area contributed by atoms with Gasteiger partial charge in [0.2, 0.25) is 0 Å². The fourth-order valence-corrected chi connectivity index (χ4v) is 2.58. The number of ether oxygens (including phenoxy) is 1. The van der Waals surface area contributed by atoms with Gasteiger partial charge in [-0.05, 0) is 19.2 Å². The summed E-state index contributed by atoms with van der Waals surface area (Å²) in [5.74, 6) is 0. The van der Waals surface area contributed by atoms with Crippen molar-refractivity contribution in [3.63, 3.8) is 0 Å². The molecule has 1 aliphatic rings. The fourth-order valence-electron chi connectivity index (χ4n) is 2.58. The molecular weight excluding hydrogens is 242 g/mol. The molecule has 1 aromatic rings. The highest BCUT2D eigenvalue weighted by Gasteiger charge is 2.33. The number of hydrogen-bond acceptors (Lipinski definition) is 5. The molecule has 19 heavy (non-hydrogen) atoms. The molecule has 0 saturated carbocycles. The summed E-state index contributed by atoms with van der Waals surface area (Å²) < 4.78 is 5.30. The second-order valence-corrected chi connectivity index (χ2v) is 5.26. The summed E-state index contributed by atoms with van der Waals surface area (Å²) in [6, 6.07) is 5.86. The molecule has 5 nitrogen and oxygen atoms in total. The number of likely N-dealkylation sites (N-methyl/N-ethyl adjacent to an activating group) is 1. The van der Waals surface area contributed by atoms with Gasteiger partial charge in [-0.25, -0.2) is 0 Å². The van der Waals surface area contributed by atoms with Crippen LogP contribution in [0.5, 0.6) is 0 Å². The SMILES string of the molecule is CN(CC1(O)CCOCC1)C(CN)c1ccccn1. The molecule has 3 N–H and O–H groups in total. The Balaban J connectivity index is 2.02. The molecular formula is C14H23N3O2. The highest BCUT2D eigenvalue weighted by atomic mass is 16.5. The third-order valence-electron chi connectivity index (χ3n) is 3.75. The lowest BCUT2D eigenvalue weighted by Crippen LogP contribution is -2.47. The number of aromatic nitrogens is 1. The molecule has 1 aromatic heterocycles. The van der Waals surface area contributed by atoms with Gasteiger partial charge in [0, 0.05) is 45.3 Å².